The Labute approximate surface area is 185 Å². The Morgan fingerprint density at radius 3 is 2.52 bits per heavy atom. The van der Waals surface area contributed by atoms with Crippen molar-refractivity contribution in [3.8, 4) is 0 Å². The third kappa shape index (κ3) is 3.28. The second-order valence-corrected chi connectivity index (χ2v) is 9.20. The lowest BCUT2D eigenvalue weighted by Gasteiger charge is -2.28. The summed E-state index contributed by atoms with van der Waals surface area (Å²) in [6, 6.07) is 17.5. The number of halogens is 1. The first-order valence-electron chi connectivity index (χ1n) is 9.99. The van der Waals surface area contributed by atoms with Crippen molar-refractivity contribution in [3.63, 3.8) is 0 Å². The molecule has 2 aliphatic rings. The van der Waals surface area contributed by atoms with Gasteiger partial charge in [-0.1, -0.05) is 22.0 Å². The second-order valence-electron chi connectivity index (χ2n) is 7.90. The minimum atomic E-state index is 0.000463. The van der Waals surface area contributed by atoms with Gasteiger partial charge in [0.25, 0.3) is 0 Å². The Morgan fingerprint density at radius 2 is 1.86 bits per heavy atom. The molecule has 5 rings (SSSR count). The number of rotatable bonds is 4. The number of nitrogens with zero attached hydrogens (tertiary/aromatic N) is 3. The zero-order valence-corrected chi connectivity index (χ0v) is 18.9. The van der Waals surface area contributed by atoms with Crippen LogP contribution in [0.2, 0.25) is 0 Å². The van der Waals surface area contributed by atoms with E-state index in [1.165, 1.54) is 29.8 Å². The normalized spacial score (nSPS) is 21.5. The number of benzene rings is 1. The molecule has 1 aliphatic heterocycles. The highest BCUT2D eigenvalue weighted by molar-refractivity contribution is 9.10. The minimum Gasteiger partial charge on any atom is -0.351 e. The van der Waals surface area contributed by atoms with Gasteiger partial charge < -0.3 is 14.8 Å². The summed E-state index contributed by atoms with van der Waals surface area (Å²) in [4.78, 5) is 6.91. The molecule has 2 fully saturated rings. The molecule has 0 radical (unpaired) electrons. The van der Waals surface area contributed by atoms with Gasteiger partial charge in [0.15, 0.2) is 5.11 Å². The first-order valence-corrected chi connectivity index (χ1v) is 11.2. The van der Waals surface area contributed by atoms with E-state index in [0.29, 0.717) is 6.04 Å². The van der Waals surface area contributed by atoms with E-state index in [9.17, 15) is 0 Å². The Morgan fingerprint density at radius 1 is 1.10 bits per heavy atom. The van der Waals surface area contributed by atoms with Gasteiger partial charge in [0, 0.05) is 33.8 Å². The van der Waals surface area contributed by atoms with E-state index in [1.54, 1.807) is 0 Å². The van der Waals surface area contributed by atoms with Crippen molar-refractivity contribution >= 4 is 38.9 Å². The maximum absolute atomic E-state index is 5.82. The Hall–Kier alpha value is -2.18. The maximum atomic E-state index is 5.82. The smallest absolute Gasteiger partial charge is 0.174 e. The van der Waals surface area contributed by atoms with Gasteiger partial charge in [-0.3, -0.25) is 4.98 Å². The van der Waals surface area contributed by atoms with Gasteiger partial charge in [-0.2, -0.15) is 0 Å². The Balaban J connectivity index is 1.66. The van der Waals surface area contributed by atoms with Crippen molar-refractivity contribution in [2.75, 3.05) is 4.90 Å². The third-order valence-corrected chi connectivity index (χ3v) is 6.80. The van der Waals surface area contributed by atoms with Crippen molar-refractivity contribution in [1.82, 2.24) is 14.9 Å². The molecule has 3 aromatic rings. The molecule has 1 saturated carbocycles. The predicted octanol–water partition coefficient (Wildman–Crippen LogP) is 5.77. The third-order valence-electron chi connectivity index (χ3n) is 5.96. The van der Waals surface area contributed by atoms with Crippen molar-refractivity contribution in [2.24, 2.45) is 0 Å². The van der Waals surface area contributed by atoms with Gasteiger partial charge >= 0.3 is 0 Å². The summed E-state index contributed by atoms with van der Waals surface area (Å²) in [5.74, 6) is 0. The van der Waals surface area contributed by atoms with Crippen LogP contribution in [0, 0.1) is 13.8 Å². The molecule has 29 heavy (non-hydrogen) atoms. The van der Waals surface area contributed by atoms with Crippen molar-refractivity contribution < 1.29 is 0 Å². The lowest BCUT2D eigenvalue weighted by molar-refractivity contribution is 0.562. The quantitative estimate of drug-likeness (QED) is 0.494. The summed E-state index contributed by atoms with van der Waals surface area (Å²) in [6.45, 7) is 4.46. The van der Waals surface area contributed by atoms with Gasteiger partial charge in [0.1, 0.15) is 0 Å². The molecular formula is C23H23BrN4S. The molecule has 0 bridgehead atoms. The van der Waals surface area contributed by atoms with Gasteiger partial charge in [0.05, 0.1) is 17.8 Å². The van der Waals surface area contributed by atoms with E-state index in [0.717, 1.165) is 21.0 Å². The molecule has 3 heterocycles. The number of pyridine rings is 1. The van der Waals surface area contributed by atoms with Crippen molar-refractivity contribution in [2.45, 2.75) is 44.8 Å². The van der Waals surface area contributed by atoms with Crippen LogP contribution in [-0.4, -0.2) is 14.7 Å². The molecule has 1 aromatic carbocycles. The summed E-state index contributed by atoms with van der Waals surface area (Å²) >= 11 is 9.37. The van der Waals surface area contributed by atoms with Crippen LogP contribution in [0.15, 0.2) is 59.2 Å². The van der Waals surface area contributed by atoms with Crippen LogP contribution in [-0.2, 0) is 0 Å². The molecule has 2 atom stereocenters. The molecule has 0 unspecified atom stereocenters. The number of hydrogen-bond donors (Lipinski definition) is 1. The summed E-state index contributed by atoms with van der Waals surface area (Å²) in [5.41, 5.74) is 6.08. The zero-order chi connectivity index (χ0) is 20.1. The van der Waals surface area contributed by atoms with Crippen LogP contribution >= 0.6 is 28.1 Å². The Kier molecular flexibility index (Phi) is 4.71. The first kappa shape index (κ1) is 18.8. The van der Waals surface area contributed by atoms with Gasteiger partial charge in [-0.05, 0) is 86.9 Å². The number of aryl methyl sites for hydroxylation is 1. The van der Waals surface area contributed by atoms with Crippen LogP contribution in [0.3, 0.4) is 0 Å². The summed E-state index contributed by atoms with van der Waals surface area (Å²) in [7, 11) is 0. The fourth-order valence-electron chi connectivity index (χ4n) is 4.55. The van der Waals surface area contributed by atoms with Gasteiger partial charge in [-0.15, -0.1) is 0 Å². The molecule has 2 aromatic heterocycles. The average molecular weight is 467 g/mol. The van der Waals surface area contributed by atoms with Crippen molar-refractivity contribution in [1.29, 1.82) is 0 Å². The molecule has 4 nitrogen and oxygen atoms in total. The van der Waals surface area contributed by atoms with E-state index >= 15 is 0 Å². The SMILES string of the molecule is Cc1cc([C@@H]2[C@H](c3ccccn3)NC(=S)N2c2ccc(Br)cc2)c(C)n1C1CC1. The monoisotopic (exact) mass is 466 g/mol. The highest BCUT2D eigenvalue weighted by Crippen LogP contribution is 2.46. The topological polar surface area (TPSA) is 33.1 Å². The first-order chi connectivity index (χ1) is 14.0. The minimum absolute atomic E-state index is 0.000463. The number of aromatic nitrogens is 2. The fourth-order valence-corrected chi connectivity index (χ4v) is 5.16. The molecule has 6 heteroatoms. The predicted molar refractivity (Wildman–Crippen MR) is 124 cm³/mol. The maximum Gasteiger partial charge on any atom is 0.174 e. The molecular weight excluding hydrogens is 444 g/mol. The number of thiocarbonyl (C=S) groups is 1. The molecule has 1 aliphatic carbocycles. The number of hydrogen-bond acceptors (Lipinski definition) is 2. The van der Waals surface area contributed by atoms with Crippen molar-refractivity contribution in [3.05, 3.63) is 81.8 Å². The zero-order valence-electron chi connectivity index (χ0n) is 16.5. The lowest BCUT2D eigenvalue weighted by Crippen LogP contribution is -2.29. The largest absolute Gasteiger partial charge is 0.351 e. The molecule has 0 amide bonds. The van der Waals surface area contributed by atoms with E-state index in [4.69, 9.17) is 12.2 Å². The summed E-state index contributed by atoms with van der Waals surface area (Å²) < 4.78 is 3.57. The van der Waals surface area contributed by atoms with Gasteiger partial charge in [-0.25, -0.2) is 0 Å². The molecule has 1 N–H and O–H groups in total. The summed E-state index contributed by atoms with van der Waals surface area (Å²) in [6.07, 6.45) is 4.40. The van der Waals surface area contributed by atoms with Crippen LogP contribution in [0.1, 0.15) is 53.6 Å². The van der Waals surface area contributed by atoms with E-state index in [-0.39, 0.29) is 12.1 Å². The second kappa shape index (κ2) is 7.26. The Bertz CT molecular complexity index is 1060. The number of nitrogens with one attached hydrogen (secondary N) is 1. The molecule has 0 spiro atoms. The fraction of sp³-hybridized carbons (Fsp3) is 0.304. The molecule has 148 valence electrons. The van der Waals surface area contributed by atoms with Crippen LogP contribution in [0.4, 0.5) is 5.69 Å². The highest BCUT2D eigenvalue weighted by atomic mass is 79.9. The molecule has 1 saturated heterocycles. The summed E-state index contributed by atoms with van der Waals surface area (Å²) in [5, 5.41) is 4.30. The van der Waals surface area contributed by atoms with E-state index < -0.39 is 0 Å². The van der Waals surface area contributed by atoms with E-state index in [2.05, 4.69) is 85.9 Å². The van der Waals surface area contributed by atoms with E-state index in [1.807, 2.05) is 18.3 Å². The highest BCUT2D eigenvalue weighted by Gasteiger charge is 2.42. The average Bonchev–Trinajstić information content (AvgIpc) is 3.43. The van der Waals surface area contributed by atoms with Gasteiger partial charge in [0.2, 0.25) is 0 Å². The number of anilines is 1. The standard InChI is InChI=1S/C23H23BrN4S/c1-14-13-19(15(2)27(14)17-10-11-17)22-21(20-5-3-4-12-25-20)26-23(29)28(22)18-8-6-16(24)7-9-18/h3-9,12-13,17,21-22H,10-11H2,1-2H3,(H,26,29)/t21-,22+/m0/s1. The lowest BCUT2D eigenvalue weighted by atomic mass is 9.96. The van der Waals surface area contributed by atoms with Crippen LogP contribution < -0.4 is 10.2 Å². The van der Waals surface area contributed by atoms with Crippen LogP contribution in [0.5, 0.6) is 0 Å². The van der Waals surface area contributed by atoms with Crippen LogP contribution in [0.25, 0.3) is 0 Å².